The van der Waals surface area contributed by atoms with E-state index in [1.165, 1.54) is 0 Å². The van der Waals surface area contributed by atoms with Crippen LogP contribution < -0.4 is 10.1 Å². The lowest BCUT2D eigenvalue weighted by molar-refractivity contribution is 0.0944. The van der Waals surface area contributed by atoms with Crippen LogP contribution in [0.15, 0.2) is 24.3 Å². The molecule has 0 radical (unpaired) electrons. The molecular weight excluding hydrogens is 310 g/mol. The standard InChI is InChI=1S/C14H20BrNO3/c1-2-18-9-4-8-16-14(17)12-5-3-6-13(11-12)19-10-7-15/h3,5-6,11H,2,4,7-10H2,1H3,(H,16,17). The highest BCUT2D eigenvalue weighted by Crippen LogP contribution is 2.13. The van der Waals surface area contributed by atoms with Crippen molar-refractivity contribution >= 4 is 21.8 Å². The van der Waals surface area contributed by atoms with Gasteiger partial charge in [0.25, 0.3) is 5.91 Å². The van der Waals surface area contributed by atoms with Gasteiger partial charge in [-0.1, -0.05) is 22.0 Å². The predicted octanol–water partition coefficient (Wildman–Crippen LogP) is 2.62. The summed E-state index contributed by atoms with van der Waals surface area (Å²) in [5.74, 6) is 0.627. The minimum Gasteiger partial charge on any atom is -0.493 e. The Morgan fingerprint density at radius 1 is 1.37 bits per heavy atom. The lowest BCUT2D eigenvalue weighted by Gasteiger charge is -2.08. The molecule has 0 fully saturated rings. The summed E-state index contributed by atoms with van der Waals surface area (Å²) in [6, 6.07) is 7.19. The molecule has 1 aromatic carbocycles. The first-order chi connectivity index (χ1) is 9.27. The van der Waals surface area contributed by atoms with Gasteiger partial charge in [0.05, 0.1) is 6.61 Å². The molecule has 1 N–H and O–H groups in total. The maximum atomic E-state index is 11.9. The monoisotopic (exact) mass is 329 g/mol. The van der Waals surface area contributed by atoms with Crippen molar-refractivity contribution in [1.82, 2.24) is 5.32 Å². The quantitative estimate of drug-likeness (QED) is 0.559. The summed E-state index contributed by atoms with van der Waals surface area (Å²) >= 11 is 3.29. The molecule has 19 heavy (non-hydrogen) atoms. The van der Waals surface area contributed by atoms with Crippen LogP contribution in [0.1, 0.15) is 23.7 Å². The zero-order valence-electron chi connectivity index (χ0n) is 11.2. The second kappa shape index (κ2) is 9.81. The maximum absolute atomic E-state index is 11.9. The summed E-state index contributed by atoms with van der Waals surface area (Å²) in [7, 11) is 0. The normalized spacial score (nSPS) is 10.2. The van der Waals surface area contributed by atoms with Crippen LogP contribution in [0, 0.1) is 0 Å². The van der Waals surface area contributed by atoms with Crippen LogP contribution in [0.25, 0.3) is 0 Å². The molecule has 1 aromatic rings. The number of hydrogen-bond acceptors (Lipinski definition) is 3. The number of benzene rings is 1. The Kier molecular flexibility index (Phi) is 8.25. The number of alkyl halides is 1. The first kappa shape index (κ1) is 16.0. The second-order valence-corrected chi connectivity index (χ2v) is 4.66. The summed E-state index contributed by atoms with van der Waals surface area (Å²) in [6.45, 7) is 4.54. The molecule has 0 saturated carbocycles. The van der Waals surface area contributed by atoms with Gasteiger partial charge in [0.2, 0.25) is 0 Å². The van der Waals surface area contributed by atoms with Crippen molar-refractivity contribution in [2.75, 3.05) is 31.7 Å². The van der Waals surface area contributed by atoms with Crippen LogP contribution in [-0.4, -0.2) is 37.6 Å². The number of amides is 1. The van der Waals surface area contributed by atoms with Crippen molar-refractivity contribution in [2.24, 2.45) is 0 Å². The van der Waals surface area contributed by atoms with E-state index in [4.69, 9.17) is 9.47 Å². The predicted molar refractivity (Wildman–Crippen MR) is 79.2 cm³/mol. The average Bonchev–Trinajstić information content (AvgIpc) is 2.45. The fraction of sp³-hybridized carbons (Fsp3) is 0.500. The van der Waals surface area contributed by atoms with E-state index < -0.39 is 0 Å². The first-order valence-electron chi connectivity index (χ1n) is 6.42. The van der Waals surface area contributed by atoms with Crippen LogP contribution >= 0.6 is 15.9 Å². The van der Waals surface area contributed by atoms with Crippen molar-refractivity contribution in [2.45, 2.75) is 13.3 Å². The molecule has 1 rings (SSSR count). The highest BCUT2D eigenvalue weighted by Gasteiger charge is 2.05. The van der Waals surface area contributed by atoms with Gasteiger partial charge in [-0.2, -0.15) is 0 Å². The highest BCUT2D eigenvalue weighted by molar-refractivity contribution is 9.09. The first-order valence-corrected chi connectivity index (χ1v) is 7.55. The van der Waals surface area contributed by atoms with E-state index in [1.807, 2.05) is 19.1 Å². The second-order valence-electron chi connectivity index (χ2n) is 3.87. The average molecular weight is 330 g/mol. The maximum Gasteiger partial charge on any atom is 0.251 e. The third-order valence-electron chi connectivity index (χ3n) is 2.40. The van der Waals surface area contributed by atoms with Crippen molar-refractivity contribution in [3.8, 4) is 5.75 Å². The molecule has 0 heterocycles. The van der Waals surface area contributed by atoms with Gasteiger partial charge in [-0.25, -0.2) is 0 Å². The third kappa shape index (κ3) is 6.59. The molecular formula is C14H20BrNO3. The van der Waals surface area contributed by atoms with Gasteiger partial charge in [-0.05, 0) is 31.5 Å². The number of rotatable bonds is 9. The Balaban J connectivity index is 2.38. The van der Waals surface area contributed by atoms with Crippen LogP contribution in [0.2, 0.25) is 0 Å². The van der Waals surface area contributed by atoms with Crippen LogP contribution in [-0.2, 0) is 4.74 Å². The molecule has 0 unspecified atom stereocenters. The van der Waals surface area contributed by atoms with Gasteiger partial charge in [0, 0.05) is 30.7 Å². The van der Waals surface area contributed by atoms with E-state index in [-0.39, 0.29) is 5.91 Å². The lowest BCUT2D eigenvalue weighted by atomic mass is 10.2. The fourth-order valence-electron chi connectivity index (χ4n) is 1.51. The number of carbonyl (C=O) groups excluding carboxylic acids is 1. The smallest absolute Gasteiger partial charge is 0.251 e. The summed E-state index contributed by atoms with van der Waals surface area (Å²) < 4.78 is 10.7. The van der Waals surface area contributed by atoms with Gasteiger partial charge >= 0.3 is 0 Å². The zero-order chi connectivity index (χ0) is 13.9. The van der Waals surface area contributed by atoms with Crippen molar-refractivity contribution < 1.29 is 14.3 Å². The van der Waals surface area contributed by atoms with Crippen molar-refractivity contribution in [3.05, 3.63) is 29.8 Å². The molecule has 0 aliphatic heterocycles. The van der Waals surface area contributed by atoms with Crippen molar-refractivity contribution in [1.29, 1.82) is 0 Å². The Labute approximate surface area is 122 Å². The van der Waals surface area contributed by atoms with E-state index in [0.717, 1.165) is 11.8 Å². The fourth-order valence-corrected chi connectivity index (χ4v) is 1.67. The number of halogens is 1. The zero-order valence-corrected chi connectivity index (χ0v) is 12.7. The van der Waals surface area contributed by atoms with Gasteiger partial charge in [0.15, 0.2) is 0 Å². The molecule has 0 spiro atoms. The Hall–Kier alpha value is -1.07. The molecule has 4 nitrogen and oxygen atoms in total. The SMILES string of the molecule is CCOCCCNC(=O)c1cccc(OCCBr)c1. The number of ether oxygens (including phenoxy) is 2. The molecule has 0 aliphatic rings. The Bertz CT molecular complexity index is 385. The van der Waals surface area contributed by atoms with E-state index in [0.29, 0.717) is 37.7 Å². The minimum absolute atomic E-state index is 0.0826. The molecule has 0 bridgehead atoms. The summed E-state index contributed by atoms with van der Waals surface area (Å²) in [5, 5.41) is 3.62. The third-order valence-corrected chi connectivity index (χ3v) is 2.72. The van der Waals surface area contributed by atoms with E-state index in [9.17, 15) is 4.79 Å². The highest BCUT2D eigenvalue weighted by atomic mass is 79.9. The lowest BCUT2D eigenvalue weighted by Crippen LogP contribution is -2.25. The molecule has 1 amide bonds. The minimum atomic E-state index is -0.0826. The molecule has 106 valence electrons. The molecule has 0 saturated heterocycles. The topological polar surface area (TPSA) is 47.6 Å². The molecule has 5 heteroatoms. The molecule has 0 aliphatic carbocycles. The van der Waals surface area contributed by atoms with Crippen LogP contribution in [0.5, 0.6) is 5.75 Å². The summed E-state index contributed by atoms with van der Waals surface area (Å²) in [5.41, 5.74) is 0.614. The molecule has 0 aromatic heterocycles. The van der Waals surface area contributed by atoms with Gasteiger partial charge < -0.3 is 14.8 Å². The number of nitrogens with one attached hydrogen (secondary N) is 1. The Morgan fingerprint density at radius 2 is 2.21 bits per heavy atom. The van der Waals surface area contributed by atoms with E-state index >= 15 is 0 Å². The van der Waals surface area contributed by atoms with E-state index in [2.05, 4.69) is 21.2 Å². The van der Waals surface area contributed by atoms with Gasteiger partial charge in [-0.3, -0.25) is 4.79 Å². The molecule has 0 atom stereocenters. The van der Waals surface area contributed by atoms with Crippen molar-refractivity contribution in [3.63, 3.8) is 0 Å². The van der Waals surface area contributed by atoms with Gasteiger partial charge in [0.1, 0.15) is 5.75 Å². The number of hydrogen-bond donors (Lipinski definition) is 1. The Morgan fingerprint density at radius 3 is 2.95 bits per heavy atom. The van der Waals surface area contributed by atoms with Crippen LogP contribution in [0.4, 0.5) is 0 Å². The van der Waals surface area contributed by atoms with Crippen LogP contribution in [0.3, 0.4) is 0 Å². The van der Waals surface area contributed by atoms with E-state index in [1.54, 1.807) is 12.1 Å². The largest absolute Gasteiger partial charge is 0.493 e. The number of carbonyl (C=O) groups is 1. The summed E-state index contributed by atoms with van der Waals surface area (Å²) in [6.07, 6.45) is 0.819. The van der Waals surface area contributed by atoms with Gasteiger partial charge in [-0.15, -0.1) is 0 Å². The summed E-state index contributed by atoms with van der Waals surface area (Å²) in [4.78, 5) is 11.9.